The Kier molecular flexibility index (Phi) is 4.84. The van der Waals surface area contributed by atoms with Gasteiger partial charge in [0.05, 0.1) is 18.4 Å². The van der Waals surface area contributed by atoms with E-state index in [1.54, 1.807) is 55.5 Å². The fourth-order valence-corrected chi connectivity index (χ4v) is 4.27. The number of carbonyl (C=O) groups is 1. The molecule has 0 amide bonds. The molecule has 0 aliphatic carbocycles. The fraction of sp³-hybridized carbons (Fsp3) is 0.111. The second-order valence-electron chi connectivity index (χ2n) is 5.54. The van der Waals surface area contributed by atoms with Crippen molar-refractivity contribution in [2.45, 2.75) is 6.92 Å². The number of hydrogen-bond acceptors (Lipinski definition) is 5. The van der Waals surface area contributed by atoms with Gasteiger partial charge in [-0.05, 0) is 36.8 Å². The number of halogens is 1. The first-order chi connectivity index (χ1) is 12.3. The molecule has 0 aromatic heterocycles. The molecule has 1 aliphatic heterocycles. The number of esters is 1. The molecule has 0 spiro atoms. The quantitative estimate of drug-likeness (QED) is 0.807. The second-order valence-corrected chi connectivity index (χ2v) is 7.52. The van der Waals surface area contributed by atoms with Crippen molar-refractivity contribution in [1.29, 1.82) is 0 Å². The standard InChI is InChI=1S/C18H15ClN2O4S/c1-11-16(12-6-5-7-13(19)10-12)26(23,24)21-17(11)20-15-9-4-3-8-14(15)18(22)25-2/h3-10H,1-2H3,(H,20,21). The van der Waals surface area contributed by atoms with Gasteiger partial charge < -0.3 is 10.1 Å². The number of methoxy groups -OCH3 is 1. The van der Waals surface area contributed by atoms with Crippen molar-refractivity contribution in [2.24, 2.45) is 4.40 Å². The SMILES string of the molecule is COC(=O)c1ccccc1NC1=NS(=O)(=O)C(c2cccc(Cl)c2)=C1C. The zero-order chi connectivity index (χ0) is 18.9. The molecule has 26 heavy (non-hydrogen) atoms. The summed E-state index contributed by atoms with van der Waals surface area (Å²) < 4.78 is 33.6. The molecular formula is C18H15ClN2O4S. The molecule has 2 aromatic carbocycles. The third kappa shape index (κ3) is 3.36. The number of nitrogens with one attached hydrogen (secondary N) is 1. The monoisotopic (exact) mass is 390 g/mol. The van der Waals surface area contributed by atoms with Crippen molar-refractivity contribution in [3.63, 3.8) is 0 Å². The van der Waals surface area contributed by atoms with E-state index in [4.69, 9.17) is 16.3 Å². The maximum atomic E-state index is 12.5. The Morgan fingerprint density at radius 1 is 1.15 bits per heavy atom. The maximum absolute atomic E-state index is 12.5. The third-order valence-electron chi connectivity index (χ3n) is 3.84. The van der Waals surface area contributed by atoms with E-state index in [9.17, 15) is 13.2 Å². The molecule has 0 atom stereocenters. The van der Waals surface area contributed by atoms with Crippen LogP contribution in [0.15, 0.2) is 58.5 Å². The van der Waals surface area contributed by atoms with Crippen LogP contribution in [0.4, 0.5) is 5.69 Å². The van der Waals surface area contributed by atoms with E-state index >= 15 is 0 Å². The van der Waals surface area contributed by atoms with Crippen LogP contribution in [0.25, 0.3) is 4.91 Å². The summed E-state index contributed by atoms with van der Waals surface area (Å²) in [5.74, 6) is -0.387. The highest BCUT2D eigenvalue weighted by Crippen LogP contribution is 2.34. The lowest BCUT2D eigenvalue weighted by Gasteiger charge is -2.11. The summed E-state index contributed by atoms with van der Waals surface area (Å²) >= 11 is 5.98. The van der Waals surface area contributed by atoms with Gasteiger partial charge in [-0.1, -0.05) is 35.9 Å². The van der Waals surface area contributed by atoms with Crippen LogP contribution in [0, 0.1) is 0 Å². The fourth-order valence-electron chi connectivity index (χ4n) is 2.65. The molecule has 6 nitrogen and oxygen atoms in total. The Morgan fingerprint density at radius 2 is 1.88 bits per heavy atom. The number of sulfonamides is 1. The van der Waals surface area contributed by atoms with Gasteiger partial charge in [-0.15, -0.1) is 4.40 Å². The lowest BCUT2D eigenvalue weighted by atomic mass is 10.1. The largest absolute Gasteiger partial charge is 0.465 e. The zero-order valence-electron chi connectivity index (χ0n) is 14.0. The first-order valence-electron chi connectivity index (χ1n) is 7.60. The number of rotatable bonds is 3. The van der Waals surface area contributed by atoms with Gasteiger partial charge in [0.1, 0.15) is 10.7 Å². The van der Waals surface area contributed by atoms with Crippen molar-refractivity contribution in [1.82, 2.24) is 0 Å². The molecule has 1 heterocycles. The first-order valence-corrected chi connectivity index (χ1v) is 9.42. The molecule has 0 radical (unpaired) electrons. The van der Waals surface area contributed by atoms with Crippen LogP contribution in [0.5, 0.6) is 0 Å². The number of benzene rings is 2. The Balaban J connectivity index is 2.04. The summed E-state index contributed by atoms with van der Waals surface area (Å²) in [6.07, 6.45) is 0. The average Bonchev–Trinajstić information content (AvgIpc) is 2.83. The maximum Gasteiger partial charge on any atom is 0.339 e. The van der Waals surface area contributed by atoms with Crippen molar-refractivity contribution in [3.8, 4) is 0 Å². The highest BCUT2D eigenvalue weighted by atomic mass is 35.5. The van der Waals surface area contributed by atoms with Crippen molar-refractivity contribution in [2.75, 3.05) is 12.4 Å². The lowest BCUT2D eigenvalue weighted by Crippen LogP contribution is -2.15. The van der Waals surface area contributed by atoms with Crippen LogP contribution in [-0.2, 0) is 14.8 Å². The molecule has 2 aromatic rings. The summed E-state index contributed by atoms with van der Waals surface area (Å²) in [5, 5.41) is 3.35. The molecule has 8 heteroatoms. The van der Waals surface area contributed by atoms with Gasteiger partial charge in [-0.25, -0.2) is 4.79 Å². The van der Waals surface area contributed by atoms with Gasteiger partial charge in [0, 0.05) is 10.6 Å². The minimum atomic E-state index is -3.88. The molecule has 3 rings (SSSR count). The molecule has 1 N–H and O–H groups in total. The van der Waals surface area contributed by atoms with Crippen LogP contribution in [0.2, 0.25) is 5.02 Å². The molecule has 1 aliphatic rings. The number of para-hydroxylation sites is 1. The van der Waals surface area contributed by atoms with Gasteiger partial charge in [-0.2, -0.15) is 8.42 Å². The van der Waals surface area contributed by atoms with Gasteiger partial charge in [-0.3, -0.25) is 0 Å². The molecule has 0 unspecified atom stereocenters. The molecule has 0 fully saturated rings. The molecule has 134 valence electrons. The number of amidine groups is 1. The van der Waals surface area contributed by atoms with E-state index in [1.807, 2.05) is 0 Å². The van der Waals surface area contributed by atoms with Gasteiger partial charge >= 0.3 is 5.97 Å². The Morgan fingerprint density at radius 3 is 2.58 bits per heavy atom. The Labute approximate surface area is 156 Å². The normalized spacial score (nSPS) is 15.6. The van der Waals surface area contributed by atoms with Crippen LogP contribution >= 0.6 is 11.6 Å². The first kappa shape index (κ1) is 18.2. The minimum Gasteiger partial charge on any atom is -0.465 e. The molecule has 0 saturated carbocycles. The van der Waals surface area contributed by atoms with Crippen LogP contribution in [0.1, 0.15) is 22.8 Å². The summed E-state index contributed by atoms with van der Waals surface area (Å²) in [4.78, 5) is 12.0. The highest BCUT2D eigenvalue weighted by molar-refractivity contribution is 8.00. The lowest BCUT2D eigenvalue weighted by molar-refractivity contribution is 0.0602. The van der Waals surface area contributed by atoms with E-state index in [0.29, 0.717) is 21.8 Å². The number of anilines is 1. The van der Waals surface area contributed by atoms with Gasteiger partial charge in [0.25, 0.3) is 10.0 Å². The number of hydrogen-bond donors (Lipinski definition) is 1. The van der Waals surface area contributed by atoms with Crippen LogP contribution in [-0.4, -0.2) is 27.3 Å². The third-order valence-corrected chi connectivity index (χ3v) is 5.55. The predicted octanol–water partition coefficient (Wildman–Crippen LogP) is 3.71. The van der Waals surface area contributed by atoms with E-state index < -0.39 is 16.0 Å². The smallest absolute Gasteiger partial charge is 0.339 e. The highest BCUT2D eigenvalue weighted by Gasteiger charge is 2.31. The van der Waals surface area contributed by atoms with E-state index in [1.165, 1.54) is 7.11 Å². The van der Waals surface area contributed by atoms with Crippen molar-refractivity contribution in [3.05, 3.63) is 70.3 Å². The second kappa shape index (κ2) is 6.93. The van der Waals surface area contributed by atoms with Gasteiger partial charge in [0.2, 0.25) is 0 Å². The molecule has 0 saturated heterocycles. The topological polar surface area (TPSA) is 84.8 Å². The number of carbonyl (C=O) groups excluding carboxylic acids is 1. The molecule has 0 bridgehead atoms. The van der Waals surface area contributed by atoms with E-state index in [0.717, 1.165) is 0 Å². The predicted molar refractivity (Wildman–Crippen MR) is 102 cm³/mol. The Hall–Kier alpha value is -2.64. The van der Waals surface area contributed by atoms with E-state index in [-0.39, 0.29) is 16.3 Å². The number of nitrogens with zero attached hydrogens (tertiary/aromatic N) is 1. The minimum absolute atomic E-state index is 0.0815. The summed E-state index contributed by atoms with van der Waals surface area (Å²) in [6, 6.07) is 13.2. The van der Waals surface area contributed by atoms with Crippen LogP contribution in [0.3, 0.4) is 0 Å². The van der Waals surface area contributed by atoms with E-state index in [2.05, 4.69) is 9.71 Å². The zero-order valence-corrected chi connectivity index (χ0v) is 15.6. The van der Waals surface area contributed by atoms with Gasteiger partial charge in [0.15, 0.2) is 0 Å². The Bertz CT molecular complexity index is 1060. The van der Waals surface area contributed by atoms with Crippen LogP contribution < -0.4 is 5.32 Å². The average molecular weight is 391 g/mol. The summed E-state index contributed by atoms with van der Waals surface area (Å²) in [6.45, 7) is 1.65. The van der Waals surface area contributed by atoms with Crippen molar-refractivity contribution >= 4 is 44.0 Å². The number of ether oxygens (including phenoxy) is 1. The van der Waals surface area contributed by atoms with Crippen molar-refractivity contribution < 1.29 is 17.9 Å². The summed E-state index contributed by atoms with van der Waals surface area (Å²) in [5.41, 5.74) is 1.57. The molecular weight excluding hydrogens is 376 g/mol. The summed E-state index contributed by atoms with van der Waals surface area (Å²) in [7, 11) is -2.61.